The van der Waals surface area contributed by atoms with Gasteiger partial charge in [0.05, 0.1) is 17.2 Å². The number of nitrogens with zero attached hydrogens (tertiary/aromatic N) is 2. The molecular weight excluding hydrogens is 210 g/mol. The van der Waals surface area contributed by atoms with Crippen molar-refractivity contribution >= 4 is 17.1 Å². The van der Waals surface area contributed by atoms with Crippen LogP contribution in [0.5, 0.6) is 5.75 Å². The summed E-state index contributed by atoms with van der Waals surface area (Å²) in [4.78, 5) is 12.3. The van der Waals surface area contributed by atoms with E-state index in [1.54, 1.807) is 0 Å². The molecule has 1 aliphatic rings. The molecule has 0 saturated carbocycles. The van der Waals surface area contributed by atoms with E-state index in [-0.39, 0.29) is 11.4 Å². The molecule has 16 heavy (non-hydrogen) atoms. The number of nitro benzene ring substituents is 1. The van der Waals surface area contributed by atoms with Crippen LogP contribution in [0.2, 0.25) is 0 Å². The van der Waals surface area contributed by atoms with E-state index in [0.717, 1.165) is 18.8 Å². The Balaban J connectivity index is 2.52. The lowest BCUT2D eigenvalue weighted by Crippen LogP contribution is -2.32. The lowest BCUT2D eigenvalue weighted by Gasteiger charge is -2.30. The predicted molar refractivity (Wildman–Crippen MR) is 60.9 cm³/mol. The Bertz CT molecular complexity index is 434. The van der Waals surface area contributed by atoms with Gasteiger partial charge < -0.3 is 15.4 Å². The number of benzene rings is 1. The van der Waals surface area contributed by atoms with Gasteiger partial charge in [-0.1, -0.05) is 0 Å². The monoisotopic (exact) mass is 223 g/mol. The van der Waals surface area contributed by atoms with Crippen molar-refractivity contribution in [3.8, 4) is 5.75 Å². The van der Waals surface area contributed by atoms with Crippen LogP contribution in [-0.2, 0) is 0 Å². The normalized spacial score (nSPS) is 14.2. The highest BCUT2D eigenvalue weighted by atomic mass is 16.6. The largest absolute Gasteiger partial charge is 0.489 e. The first-order chi connectivity index (χ1) is 7.63. The number of hydrogen-bond donors (Lipinski definition) is 1. The fourth-order valence-electron chi connectivity index (χ4n) is 1.81. The molecule has 6 nitrogen and oxygen atoms in total. The summed E-state index contributed by atoms with van der Waals surface area (Å²) in [5.41, 5.74) is 6.41. The molecule has 0 bridgehead atoms. The van der Waals surface area contributed by atoms with E-state index in [0.29, 0.717) is 12.4 Å². The molecule has 1 aliphatic heterocycles. The van der Waals surface area contributed by atoms with E-state index in [4.69, 9.17) is 10.5 Å². The van der Waals surface area contributed by atoms with Crippen molar-refractivity contribution in [2.24, 2.45) is 0 Å². The van der Waals surface area contributed by atoms with Crippen LogP contribution in [0.4, 0.5) is 17.1 Å². The van der Waals surface area contributed by atoms with E-state index in [1.165, 1.54) is 12.1 Å². The summed E-state index contributed by atoms with van der Waals surface area (Å²) >= 11 is 0. The summed E-state index contributed by atoms with van der Waals surface area (Å²) in [6, 6.07) is 3.00. The van der Waals surface area contributed by atoms with Gasteiger partial charge in [0.15, 0.2) is 0 Å². The Morgan fingerprint density at radius 3 is 3.00 bits per heavy atom. The molecule has 0 fully saturated rings. The fourth-order valence-corrected chi connectivity index (χ4v) is 1.81. The molecule has 2 N–H and O–H groups in total. The molecule has 6 heteroatoms. The zero-order valence-corrected chi connectivity index (χ0v) is 8.97. The van der Waals surface area contributed by atoms with E-state index in [1.807, 2.05) is 11.8 Å². The second-order valence-corrected chi connectivity index (χ2v) is 3.56. The third-order valence-corrected chi connectivity index (χ3v) is 2.65. The fraction of sp³-hybridized carbons (Fsp3) is 0.400. The number of ether oxygens (including phenoxy) is 1. The van der Waals surface area contributed by atoms with Crippen molar-refractivity contribution in [2.75, 3.05) is 30.3 Å². The minimum Gasteiger partial charge on any atom is -0.489 e. The molecule has 0 unspecified atom stereocenters. The molecule has 0 atom stereocenters. The maximum atomic E-state index is 10.8. The maximum absolute atomic E-state index is 10.8. The van der Waals surface area contributed by atoms with Crippen LogP contribution in [0, 0.1) is 10.1 Å². The maximum Gasteiger partial charge on any atom is 0.294 e. The van der Waals surface area contributed by atoms with Crippen molar-refractivity contribution in [1.82, 2.24) is 0 Å². The number of anilines is 2. The molecular formula is C10H13N3O3. The van der Waals surface area contributed by atoms with E-state index < -0.39 is 4.92 Å². The van der Waals surface area contributed by atoms with E-state index >= 15 is 0 Å². The van der Waals surface area contributed by atoms with Gasteiger partial charge in [-0.25, -0.2) is 0 Å². The Kier molecular flexibility index (Phi) is 2.55. The number of nitrogen functional groups attached to an aromatic ring is 1. The van der Waals surface area contributed by atoms with Crippen molar-refractivity contribution in [1.29, 1.82) is 0 Å². The number of nitrogens with two attached hydrogens (primary N) is 1. The molecule has 1 heterocycles. The Labute approximate surface area is 92.8 Å². The van der Waals surface area contributed by atoms with Crippen LogP contribution in [-0.4, -0.2) is 24.6 Å². The van der Waals surface area contributed by atoms with Crippen LogP contribution in [0.25, 0.3) is 0 Å². The molecule has 0 aliphatic carbocycles. The zero-order chi connectivity index (χ0) is 11.7. The van der Waals surface area contributed by atoms with Crippen molar-refractivity contribution in [3.63, 3.8) is 0 Å². The highest BCUT2D eigenvalue weighted by Crippen LogP contribution is 2.38. The Hall–Kier alpha value is -1.98. The third kappa shape index (κ3) is 1.62. The number of likely N-dealkylation sites (N-methyl/N-ethyl adjacent to an activating group) is 1. The number of hydrogen-bond acceptors (Lipinski definition) is 5. The van der Waals surface area contributed by atoms with Gasteiger partial charge in [0.2, 0.25) is 0 Å². The summed E-state index contributed by atoms with van der Waals surface area (Å²) in [6.45, 7) is 4.11. The number of nitro groups is 1. The van der Waals surface area contributed by atoms with Gasteiger partial charge >= 0.3 is 0 Å². The molecule has 0 saturated heterocycles. The first-order valence-corrected chi connectivity index (χ1v) is 5.09. The average molecular weight is 223 g/mol. The third-order valence-electron chi connectivity index (χ3n) is 2.65. The summed E-state index contributed by atoms with van der Waals surface area (Å²) in [7, 11) is 0. The quantitative estimate of drug-likeness (QED) is 0.465. The summed E-state index contributed by atoms with van der Waals surface area (Å²) in [5, 5.41) is 10.8. The first-order valence-electron chi connectivity index (χ1n) is 5.09. The lowest BCUT2D eigenvalue weighted by atomic mass is 10.2. The second kappa shape index (κ2) is 3.88. The van der Waals surface area contributed by atoms with Crippen molar-refractivity contribution < 1.29 is 9.66 Å². The molecule has 2 rings (SSSR count). The van der Waals surface area contributed by atoms with E-state index in [9.17, 15) is 10.1 Å². The Morgan fingerprint density at radius 2 is 2.38 bits per heavy atom. The highest BCUT2D eigenvalue weighted by Gasteiger charge is 2.23. The Morgan fingerprint density at radius 1 is 1.62 bits per heavy atom. The number of fused-ring (bicyclic) bond motifs is 1. The minimum absolute atomic E-state index is 0.0669. The molecule has 0 aromatic heterocycles. The van der Waals surface area contributed by atoms with Gasteiger partial charge in [0, 0.05) is 18.7 Å². The van der Waals surface area contributed by atoms with Gasteiger partial charge in [-0.2, -0.15) is 0 Å². The summed E-state index contributed by atoms with van der Waals surface area (Å²) in [6.07, 6.45) is 0. The van der Waals surface area contributed by atoms with Gasteiger partial charge in [-0.3, -0.25) is 10.1 Å². The first kappa shape index (κ1) is 10.5. The second-order valence-electron chi connectivity index (χ2n) is 3.56. The summed E-state index contributed by atoms with van der Waals surface area (Å²) < 4.78 is 5.43. The van der Waals surface area contributed by atoms with Gasteiger partial charge in [-0.05, 0) is 6.92 Å². The lowest BCUT2D eigenvalue weighted by molar-refractivity contribution is -0.383. The van der Waals surface area contributed by atoms with Crippen LogP contribution in [0.1, 0.15) is 6.92 Å². The molecule has 0 spiro atoms. The standard InChI is InChI=1S/C10H13N3O3/c1-2-12-3-4-16-10-5-7(11)8(13(14)15)6-9(10)12/h5-6H,2-4,11H2,1H3. The molecule has 0 radical (unpaired) electrons. The van der Waals surface area contributed by atoms with Crippen LogP contribution < -0.4 is 15.4 Å². The molecule has 86 valence electrons. The van der Waals surface area contributed by atoms with Gasteiger partial charge in [0.1, 0.15) is 18.0 Å². The molecule has 1 aromatic carbocycles. The molecule has 1 aromatic rings. The van der Waals surface area contributed by atoms with Gasteiger partial charge in [0.25, 0.3) is 5.69 Å². The van der Waals surface area contributed by atoms with E-state index in [2.05, 4.69) is 0 Å². The van der Waals surface area contributed by atoms with Crippen LogP contribution in [0.15, 0.2) is 12.1 Å². The molecule has 0 amide bonds. The average Bonchev–Trinajstić information content (AvgIpc) is 2.26. The van der Waals surface area contributed by atoms with Crippen LogP contribution in [0.3, 0.4) is 0 Å². The summed E-state index contributed by atoms with van der Waals surface area (Å²) in [5.74, 6) is 0.621. The topological polar surface area (TPSA) is 81.6 Å². The SMILES string of the molecule is CCN1CCOc2cc(N)c([N+](=O)[O-])cc21. The minimum atomic E-state index is -0.474. The number of rotatable bonds is 2. The van der Waals surface area contributed by atoms with Crippen LogP contribution >= 0.6 is 0 Å². The highest BCUT2D eigenvalue weighted by molar-refractivity contribution is 5.73. The zero-order valence-electron chi connectivity index (χ0n) is 8.97. The van der Waals surface area contributed by atoms with Crippen molar-refractivity contribution in [3.05, 3.63) is 22.2 Å². The van der Waals surface area contributed by atoms with Gasteiger partial charge in [-0.15, -0.1) is 0 Å². The van der Waals surface area contributed by atoms with Crippen molar-refractivity contribution in [2.45, 2.75) is 6.92 Å². The predicted octanol–water partition coefficient (Wildman–Crippen LogP) is 1.40. The smallest absolute Gasteiger partial charge is 0.294 e.